The van der Waals surface area contributed by atoms with E-state index in [9.17, 15) is 9.18 Å². The molecule has 1 amide bonds. The molecule has 1 aliphatic carbocycles. The zero-order valence-electron chi connectivity index (χ0n) is 11.3. The van der Waals surface area contributed by atoms with Crippen molar-refractivity contribution in [2.24, 2.45) is 5.92 Å². The van der Waals surface area contributed by atoms with Crippen molar-refractivity contribution in [3.8, 4) is 11.8 Å². The lowest BCUT2D eigenvalue weighted by molar-refractivity contribution is 0.0949. The predicted molar refractivity (Wildman–Crippen MR) is 74.7 cm³/mol. The van der Waals surface area contributed by atoms with Gasteiger partial charge in [0.2, 0.25) is 0 Å². The van der Waals surface area contributed by atoms with E-state index in [1.54, 1.807) is 6.07 Å². The minimum Gasteiger partial charge on any atom is -0.384 e. The topological polar surface area (TPSA) is 49.3 Å². The average molecular weight is 275 g/mol. The molecule has 0 radical (unpaired) electrons. The Labute approximate surface area is 118 Å². The Morgan fingerprint density at radius 1 is 1.45 bits per heavy atom. The van der Waals surface area contributed by atoms with Crippen LogP contribution in [0, 0.1) is 23.6 Å². The molecule has 1 aliphatic rings. The first-order chi connectivity index (χ1) is 9.70. The Morgan fingerprint density at radius 3 is 2.90 bits per heavy atom. The molecular weight excluding hydrogens is 257 g/mol. The first kappa shape index (κ1) is 14.5. The highest BCUT2D eigenvalue weighted by atomic mass is 19.1. The van der Waals surface area contributed by atoms with Crippen molar-refractivity contribution in [2.45, 2.75) is 25.7 Å². The molecule has 4 heteroatoms. The molecule has 3 nitrogen and oxygen atoms in total. The van der Waals surface area contributed by atoms with E-state index in [2.05, 4.69) is 17.2 Å². The quantitative estimate of drug-likeness (QED) is 0.638. The van der Waals surface area contributed by atoms with Crippen LogP contribution in [-0.2, 0) is 0 Å². The minimum absolute atomic E-state index is 0.0333. The fraction of sp³-hybridized carbons (Fsp3) is 0.438. The van der Waals surface area contributed by atoms with Crippen LogP contribution < -0.4 is 5.32 Å². The SMILES string of the molecule is O=C(NCCCC1CC1)c1ccc(C#CCO)cc1F. The second kappa shape index (κ2) is 7.06. The fourth-order valence-electron chi connectivity index (χ4n) is 2.01. The summed E-state index contributed by atoms with van der Waals surface area (Å²) in [5.41, 5.74) is 0.479. The highest BCUT2D eigenvalue weighted by Crippen LogP contribution is 2.33. The molecule has 1 saturated carbocycles. The molecular formula is C16H18FNO2. The number of halogens is 1. The first-order valence-electron chi connectivity index (χ1n) is 6.88. The number of aliphatic hydroxyl groups excluding tert-OH is 1. The lowest BCUT2D eigenvalue weighted by atomic mass is 10.1. The third-order valence-electron chi connectivity index (χ3n) is 3.30. The summed E-state index contributed by atoms with van der Waals surface area (Å²) in [6.07, 6.45) is 4.69. The van der Waals surface area contributed by atoms with E-state index >= 15 is 0 Å². The van der Waals surface area contributed by atoms with Gasteiger partial charge in [0.1, 0.15) is 12.4 Å². The van der Waals surface area contributed by atoms with Gasteiger partial charge in [0.15, 0.2) is 0 Å². The van der Waals surface area contributed by atoms with Crippen LogP contribution in [-0.4, -0.2) is 24.2 Å². The van der Waals surface area contributed by atoms with Crippen LogP contribution in [0.5, 0.6) is 0 Å². The maximum Gasteiger partial charge on any atom is 0.254 e. The number of benzene rings is 1. The van der Waals surface area contributed by atoms with Gasteiger partial charge in [-0.1, -0.05) is 24.7 Å². The summed E-state index contributed by atoms with van der Waals surface area (Å²) in [4.78, 5) is 11.8. The predicted octanol–water partition coefficient (Wildman–Crippen LogP) is 2.09. The summed E-state index contributed by atoms with van der Waals surface area (Å²) in [6.45, 7) is 0.311. The first-order valence-corrected chi connectivity index (χ1v) is 6.88. The lowest BCUT2D eigenvalue weighted by Gasteiger charge is -2.06. The van der Waals surface area contributed by atoms with Gasteiger partial charge in [0.25, 0.3) is 5.91 Å². The van der Waals surface area contributed by atoms with Crippen molar-refractivity contribution < 1.29 is 14.3 Å². The molecule has 106 valence electrons. The van der Waals surface area contributed by atoms with Crippen LogP contribution in [0.4, 0.5) is 4.39 Å². The zero-order valence-corrected chi connectivity index (χ0v) is 11.3. The van der Waals surface area contributed by atoms with Gasteiger partial charge in [-0.25, -0.2) is 4.39 Å². The third kappa shape index (κ3) is 4.36. The van der Waals surface area contributed by atoms with Crippen molar-refractivity contribution in [2.75, 3.05) is 13.2 Å². The van der Waals surface area contributed by atoms with Crippen LogP contribution >= 0.6 is 0 Å². The monoisotopic (exact) mass is 275 g/mol. The van der Waals surface area contributed by atoms with Crippen LogP contribution in [0.25, 0.3) is 0 Å². The van der Waals surface area contributed by atoms with Crippen LogP contribution in [0.15, 0.2) is 18.2 Å². The molecule has 0 bridgehead atoms. The number of hydrogen-bond donors (Lipinski definition) is 2. The van der Waals surface area contributed by atoms with E-state index in [1.807, 2.05) is 0 Å². The standard InChI is InChI=1S/C16H18FNO2/c17-15-11-13(4-2-10-19)7-8-14(15)16(20)18-9-1-3-12-5-6-12/h7-8,11-12,19H,1,3,5-6,9-10H2,(H,18,20). The Balaban J connectivity index is 1.87. The van der Waals surface area contributed by atoms with Gasteiger partial charge in [-0.15, -0.1) is 0 Å². The molecule has 0 unspecified atom stereocenters. The molecule has 0 aliphatic heterocycles. The van der Waals surface area contributed by atoms with Gasteiger partial charge in [-0.2, -0.15) is 0 Å². The van der Waals surface area contributed by atoms with Crippen LogP contribution in [0.2, 0.25) is 0 Å². The Morgan fingerprint density at radius 2 is 2.25 bits per heavy atom. The number of carbonyl (C=O) groups is 1. The van der Waals surface area contributed by atoms with Gasteiger partial charge in [-0.3, -0.25) is 4.79 Å². The summed E-state index contributed by atoms with van der Waals surface area (Å²) in [7, 11) is 0. The van der Waals surface area contributed by atoms with E-state index in [0.29, 0.717) is 12.1 Å². The molecule has 20 heavy (non-hydrogen) atoms. The van der Waals surface area contributed by atoms with Gasteiger partial charge in [-0.05, 0) is 37.0 Å². The molecule has 0 spiro atoms. The molecule has 0 saturated heterocycles. The van der Waals surface area contributed by atoms with E-state index in [-0.39, 0.29) is 18.1 Å². The largest absolute Gasteiger partial charge is 0.384 e. The maximum atomic E-state index is 13.8. The second-order valence-electron chi connectivity index (χ2n) is 5.00. The average Bonchev–Trinajstić information content (AvgIpc) is 3.25. The zero-order chi connectivity index (χ0) is 14.4. The van der Waals surface area contributed by atoms with Crippen LogP contribution in [0.3, 0.4) is 0 Å². The molecule has 1 fully saturated rings. The highest BCUT2D eigenvalue weighted by Gasteiger charge is 2.20. The summed E-state index contributed by atoms with van der Waals surface area (Å²) >= 11 is 0. The van der Waals surface area contributed by atoms with Crippen molar-refractivity contribution in [3.05, 3.63) is 35.1 Å². The van der Waals surface area contributed by atoms with E-state index in [4.69, 9.17) is 5.11 Å². The molecule has 0 atom stereocenters. The van der Waals surface area contributed by atoms with E-state index < -0.39 is 5.82 Å². The molecule has 1 aromatic carbocycles. The number of rotatable bonds is 5. The molecule has 1 aromatic rings. The Kier molecular flexibility index (Phi) is 5.14. The van der Waals surface area contributed by atoms with Crippen molar-refractivity contribution in [1.82, 2.24) is 5.32 Å². The molecule has 2 N–H and O–H groups in total. The van der Waals surface area contributed by atoms with Crippen LogP contribution in [0.1, 0.15) is 41.6 Å². The summed E-state index contributed by atoms with van der Waals surface area (Å²) in [5.74, 6) is 4.90. The van der Waals surface area contributed by atoms with Crippen molar-refractivity contribution in [1.29, 1.82) is 0 Å². The molecule has 0 heterocycles. The van der Waals surface area contributed by atoms with Gasteiger partial charge in [0, 0.05) is 12.1 Å². The summed E-state index contributed by atoms with van der Waals surface area (Å²) in [6, 6.07) is 4.21. The Hall–Kier alpha value is -1.86. The summed E-state index contributed by atoms with van der Waals surface area (Å²) < 4.78 is 13.8. The molecule has 2 rings (SSSR count). The highest BCUT2D eigenvalue weighted by molar-refractivity contribution is 5.94. The normalized spacial score (nSPS) is 13.5. The fourth-order valence-corrected chi connectivity index (χ4v) is 2.01. The number of aliphatic hydroxyl groups is 1. The lowest BCUT2D eigenvalue weighted by Crippen LogP contribution is -2.25. The van der Waals surface area contributed by atoms with E-state index in [1.165, 1.54) is 25.0 Å². The summed E-state index contributed by atoms with van der Waals surface area (Å²) in [5, 5.41) is 11.3. The second-order valence-corrected chi connectivity index (χ2v) is 5.00. The van der Waals surface area contributed by atoms with Gasteiger partial charge in [0.05, 0.1) is 5.56 Å². The minimum atomic E-state index is -0.588. The maximum absolute atomic E-state index is 13.8. The Bertz CT molecular complexity index is 541. The number of carbonyl (C=O) groups excluding carboxylic acids is 1. The van der Waals surface area contributed by atoms with Gasteiger partial charge >= 0.3 is 0 Å². The van der Waals surface area contributed by atoms with E-state index in [0.717, 1.165) is 18.8 Å². The molecule has 0 aromatic heterocycles. The number of nitrogens with one attached hydrogen (secondary N) is 1. The number of amides is 1. The van der Waals surface area contributed by atoms with Gasteiger partial charge < -0.3 is 10.4 Å². The van der Waals surface area contributed by atoms with Crippen molar-refractivity contribution >= 4 is 5.91 Å². The third-order valence-corrected chi connectivity index (χ3v) is 3.30. The van der Waals surface area contributed by atoms with Crippen molar-refractivity contribution in [3.63, 3.8) is 0 Å². The smallest absolute Gasteiger partial charge is 0.254 e. The number of hydrogen-bond acceptors (Lipinski definition) is 2.